The largest absolute Gasteiger partial charge is 0.391 e. The highest BCUT2D eigenvalue weighted by Gasteiger charge is 2.28. The van der Waals surface area contributed by atoms with Gasteiger partial charge in [0.05, 0.1) is 13.2 Å². The fourth-order valence-corrected chi connectivity index (χ4v) is 3.69. The number of hydrogen-bond acceptors (Lipinski definition) is 2. The zero-order chi connectivity index (χ0) is 11.8. The van der Waals surface area contributed by atoms with E-state index in [1.807, 2.05) is 24.3 Å². The minimum Gasteiger partial charge on any atom is -0.391 e. The third-order valence-corrected chi connectivity index (χ3v) is 5.01. The first kappa shape index (κ1) is 13.3. The van der Waals surface area contributed by atoms with Crippen LogP contribution in [0.25, 0.3) is 0 Å². The molecule has 2 nitrogen and oxygen atoms in total. The van der Waals surface area contributed by atoms with Crippen LogP contribution in [-0.4, -0.2) is 34.9 Å². The van der Waals surface area contributed by atoms with Gasteiger partial charge in [-0.25, -0.2) is 0 Å². The summed E-state index contributed by atoms with van der Waals surface area (Å²) in [5, 5.41) is 18.3. The summed E-state index contributed by atoms with van der Waals surface area (Å²) in [6.07, 6.45) is 1.92. The van der Waals surface area contributed by atoms with Crippen LogP contribution in [0.2, 0.25) is 0 Å². The van der Waals surface area contributed by atoms with Gasteiger partial charge in [0.15, 0.2) is 5.25 Å². The van der Waals surface area contributed by atoms with Crippen molar-refractivity contribution in [2.75, 3.05) is 24.7 Å². The average Bonchev–Trinajstić information content (AvgIpc) is 2.32. The highest BCUT2D eigenvalue weighted by atomic mass is 32.2. The van der Waals surface area contributed by atoms with Crippen LogP contribution in [0.1, 0.15) is 10.8 Å². The van der Waals surface area contributed by atoms with Gasteiger partial charge in [-0.15, -0.1) is 0 Å². The fraction of sp³-hybridized carbons (Fsp3) is 0.385. The second-order valence-corrected chi connectivity index (χ2v) is 5.86. The van der Waals surface area contributed by atoms with Gasteiger partial charge >= 0.3 is 0 Å². The van der Waals surface area contributed by atoms with E-state index in [1.165, 1.54) is 5.56 Å². The second-order valence-electron chi connectivity index (χ2n) is 3.46. The van der Waals surface area contributed by atoms with Gasteiger partial charge < -0.3 is 10.2 Å². The van der Waals surface area contributed by atoms with E-state index in [4.69, 9.17) is 10.2 Å². The van der Waals surface area contributed by atoms with Gasteiger partial charge in [0.2, 0.25) is 0 Å². The van der Waals surface area contributed by atoms with Crippen LogP contribution in [0.3, 0.4) is 0 Å². The molecule has 1 aromatic rings. The van der Waals surface area contributed by atoms with E-state index < -0.39 is 0 Å². The Morgan fingerprint density at radius 1 is 1.12 bits per heavy atom. The van der Waals surface area contributed by atoms with E-state index in [9.17, 15) is 0 Å². The molecule has 0 spiro atoms. The highest BCUT2D eigenvalue weighted by molar-refractivity contribution is 7.97. The van der Waals surface area contributed by atoms with Crippen molar-refractivity contribution in [3.8, 4) is 0 Å². The van der Waals surface area contributed by atoms with E-state index >= 15 is 0 Å². The van der Waals surface area contributed by atoms with Crippen molar-refractivity contribution in [3.63, 3.8) is 0 Å². The molecule has 0 heterocycles. The lowest BCUT2D eigenvalue weighted by molar-refractivity contribution is 0.316. The predicted octanol–water partition coefficient (Wildman–Crippen LogP) is 1.52. The Morgan fingerprint density at radius 2 is 1.69 bits per heavy atom. The molecular weight excluding hydrogens is 220 g/mol. The molecule has 0 saturated heterocycles. The topological polar surface area (TPSA) is 40.5 Å². The predicted molar refractivity (Wildman–Crippen MR) is 70.7 cm³/mol. The van der Waals surface area contributed by atoms with Crippen molar-refractivity contribution < 1.29 is 10.2 Å². The lowest BCUT2D eigenvalue weighted by Gasteiger charge is -2.15. The number of aliphatic hydroxyl groups excluding tert-OH is 2. The summed E-state index contributed by atoms with van der Waals surface area (Å²) in [6.45, 7) is 4.20. The summed E-state index contributed by atoms with van der Waals surface area (Å²) in [5.74, 6) is 1.46. The lowest BCUT2D eigenvalue weighted by Crippen LogP contribution is -2.23. The molecular formula is C13H19O2S+. The van der Waals surface area contributed by atoms with E-state index in [1.54, 1.807) is 0 Å². The molecule has 0 saturated carbocycles. The summed E-state index contributed by atoms with van der Waals surface area (Å²) in [6, 6.07) is 10.1. The van der Waals surface area contributed by atoms with Gasteiger partial charge in [-0.05, 0) is 6.08 Å². The molecule has 0 aliphatic carbocycles. The van der Waals surface area contributed by atoms with Crippen LogP contribution in [0.5, 0.6) is 0 Å². The van der Waals surface area contributed by atoms with Gasteiger partial charge in [0, 0.05) is 16.5 Å². The molecule has 1 rings (SSSR count). The molecule has 0 radical (unpaired) electrons. The Labute approximate surface area is 100.0 Å². The van der Waals surface area contributed by atoms with Crippen molar-refractivity contribution in [1.29, 1.82) is 0 Å². The zero-order valence-electron chi connectivity index (χ0n) is 9.38. The average molecular weight is 239 g/mol. The van der Waals surface area contributed by atoms with E-state index in [0.29, 0.717) is 0 Å². The second kappa shape index (κ2) is 7.49. The minimum absolute atomic E-state index is 0.0314. The molecule has 0 aromatic heterocycles. The van der Waals surface area contributed by atoms with Crippen LogP contribution >= 0.6 is 0 Å². The molecule has 16 heavy (non-hydrogen) atoms. The van der Waals surface area contributed by atoms with Crippen LogP contribution in [-0.2, 0) is 10.9 Å². The Morgan fingerprint density at radius 3 is 2.12 bits per heavy atom. The van der Waals surface area contributed by atoms with Crippen molar-refractivity contribution >= 4 is 10.9 Å². The van der Waals surface area contributed by atoms with Crippen molar-refractivity contribution in [1.82, 2.24) is 0 Å². The molecule has 0 aliphatic rings. The molecule has 0 amide bonds. The molecule has 0 aliphatic heterocycles. The fourth-order valence-electron chi connectivity index (χ4n) is 1.70. The van der Waals surface area contributed by atoms with Crippen molar-refractivity contribution in [3.05, 3.63) is 48.6 Å². The zero-order valence-corrected chi connectivity index (χ0v) is 10.2. The van der Waals surface area contributed by atoms with Gasteiger partial charge in [0.1, 0.15) is 11.5 Å². The summed E-state index contributed by atoms with van der Waals surface area (Å²) >= 11 is 0. The Balaban J connectivity index is 2.81. The van der Waals surface area contributed by atoms with Crippen molar-refractivity contribution in [2.45, 2.75) is 5.25 Å². The van der Waals surface area contributed by atoms with E-state index in [-0.39, 0.29) is 29.4 Å². The Kier molecular flexibility index (Phi) is 6.23. The third kappa shape index (κ3) is 3.67. The van der Waals surface area contributed by atoms with E-state index in [2.05, 4.69) is 18.7 Å². The molecule has 88 valence electrons. The van der Waals surface area contributed by atoms with Gasteiger partial charge in [-0.2, -0.15) is 0 Å². The number of benzene rings is 1. The Hall–Kier alpha value is -0.770. The first-order chi connectivity index (χ1) is 7.83. The molecule has 0 fully saturated rings. The maximum absolute atomic E-state index is 9.05. The molecule has 0 bridgehead atoms. The molecule has 1 atom stereocenters. The standard InChI is InChI=1S/C13H19O2S/c1-2-13(12-6-4-3-5-7-12)16(10-8-14)11-9-15/h2-7,13-15H,1,8-11H2/q+1. The Bertz CT molecular complexity index is 294. The smallest absolute Gasteiger partial charge is 0.161 e. The third-order valence-electron chi connectivity index (χ3n) is 2.41. The monoisotopic (exact) mass is 239 g/mol. The highest BCUT2D eigenvalue weighted by Crippen LogP contribution is 2.25. The van der Waals surface area contributed by atoms with Crippen LogP contribution in [0.4, 0.5) is 0 Å². The maximum Gasteiger partial charge on any atom is 0.161 e. The van der Waals surface area contributed by atoms with Crippen LogP contribution < -0.4 is 0 Å². The van der Waals surface area contributed by atoms with E-state index in [0.717, 1.165) is 11.5 Å². The first-order valence-electron chi connectivity index (χ1n) is 5.39. The SMILES string of the molecule is C=CC(c1ccccc1)[S+](CCO)CCO. The molecule has 1 aromatic carbocycles. The molecule has 1 unspecified atom stereocenters. The van der Waals surface area contributed by atoms with Gasteiger partial charge in [-0.1, -0.05) is 36.9 Å². The summed E-state index contributed by atoms with van der Waals surface area (Å²) in [4.78, 5) is 0. The van der Waals surface area contributed by atoms with Gasteiger partial charge in [-0.3, -0.25) is 0 Å². The summed E-state index contributed by atoms with van der Waals surface area (Å²) in [5.41, 5.74) is 1.21. The number of aliphatic hydroxyl groups is 2. The summed E-state index contributed by atoms with van der Waals surface area (Å²) in [7, 11) is -0.0314. The normalized spacial score (nSPS) is 12.7. The molecule has 3 heteroatoms. The van der Waals surface area contributed by atoms with Gasteiger partial charge in [0.25, 0.3) is 0 Å². The quantitative estimate of drug-likeness (QED) is 0.559. The summed E-state index contributed by atoms with van der Waals surface area (Å²) < 4.78 is 0. The number of rotatable bonds is 7. The van der Waals surface area contributed by atoms with Crippen LogP contribution in [0.15, 0.2) is 43.0 Å². The van der Waals surface area contributed by atoms with Crippen LogP contribution in [0, 0.1) is 0 Å². The first-order valence-corrected chi connectivity index (χ1v) is 7.01. The number of hydrogen-bond donors (Lipinski definition) is 2. The minimum atomic E-state index is -0.0314. The maximum atomic E-state index is 9.05. The molecule has 2 N–H and O–H groups in total. The van der Waals surface area contributed by atoms with Crippen molar-refractivity contribution in [2.24, 2.45) is 0 Å². The lowest BCUT2D eigenvalue weighted by atomic mass is 10.1.